The smallest absolute Gasteiger partial charge is 0.339 e. The maximum Gasteiger partial charge on any atom is 0.339 e. The van der Waals surface area contributed by atoms with E-state index in [0.29, 0.717) is 22.5 Å². The van der Waals surface area contributed by atoms with Crippen molar-refractivity contribution < 1.29 is 24.0 Å². The Balaban J connectivity index is 1.70. The SMILES string of the molecule is COC(=O)c1c(C)[nH]c(C(=O)[C@@H](C)[NH+]2CCN(c3ccccc3OC)CC2)c1C. The molecule has 1 fully saturated rings. The van der Waals surface area contributed by atoms with Crippen LogP contribution in [-0.2, 0) is 4.74 Å². The molecule has 1 aromatic carbocycles. The monoisotopic (exact) mass is 400 g/mol. The predicted octanol–water partition coefficient (Wildman–Crippen LogP) is 1.40. The number of anilines is 1. The Labute approximate surface area is 171 Å². The maximum absolute atomic E-state index is 13.2. The number of esters is 1. The first-order valence-electron chi connectivity index (χ1n) is 9.93. The summed E-state index contributed by atoms with van der Waals surface area (Å²) in [4.78, 5) is 31.8. The van der Waals surface area contributed by atoms with Crippen molar-refractivity contribution in [3.8, 4) is 5.75 Å². The summed E-state index contributed by atoms with van der Waals surface area (Å²) in [5.74, 6) is 0.482. The highest BCUT2D eigenvalue weighted by Crippen LogP contribution is 2.27. The molecule has 2 aromatic rings. The number of Topliss-reactive ketones (excluding diaryl/α,β-unsaturated/α-hetero) is 1. The highest BCUT2D eigenvalue weighted by atomic mass is 16.5. The summed E-state index contributed by atoms with van der Waals surface area (Å²) < 4.78 is 10.3. The van der Waals surface area contributed by atoms with Gasteiger partial charge in [-0.15, -0.1) is 0 Å². The molecule has 2 N–H and O–H groups in total. The van der Waals surface area contributed by atoms with Gasteiger partial charge in [0.05, 0.1) is 57.3 Å². The summed E-state index contributed by atoms with van der Waals surface area (Å²) >= 11 is 0. The minimum Gasteiger partial charge on any atom is -0.495 e. The molecule has 0 saturated carbocycles. The molecule has 1 aromatic heterocycles. The molecule has 1 atom stereocenters. The van der Waals surface area contributed by atoms with Crippen LogP contribution in [0.3, 0.4) is 0 Å². The van der Waals surface area contributed by atoms with Crippen LogP contribution in [0.5, 0.6) is 5.75 Å². The van der Waals surface area contributed by atoms with Crippen molar-refractivity contribution >= 4 is 17.4 Å². The molecule has 1 aliphatic heterocycles. The molecule has 1 aliphatic rings. The van der Waals surface area contributed by atoms with Crippen LogP contribution in [0.25, 0.3) is 0 Å². The average molecular weight is 400 g/mol. The van der Waals surface area contributed by atoms with Crippen LogP contribution in [0.4, 0.5) is 5.69 Å². The number of rotatable bonds is 6. The van der Waals surface area contributed by atoms with Crippen molar-refractivity contribution in [3.05, 3.63) is 46.8 Å². The average Bonchev–Trinajstić information content (AvgIpc) is 3.06. The standard InChI is InChI=1S/C22H29N3O4/c1-14-19(22(27)29-5)15(2)23-20(14)21(26)16(3)24-10-12-25(13-11-24)17-8-6-7-9-18(17)28-4/h6-9,16,23H,10-13H2,1-5H3/p+1/t16-/m1/s1. The predicted molar refractivity (Wildman–Crippen MR) is 111 cm³/mol. The Morgan fingerprint density at radius 2 is 1.79 bits per heavy atom. The number of piperazine rings is 1. The number of ether oxygens (including phenoxy) is 2. The fourth-order valence-corrected chi connectivity index (χ4v) is 4.17. The minimum atomic E-state index is -0.416. The minimum absolute atomic E-state index is 0.0292. The van der Waals surface area contributed by atoms with E-state index in [1.807, 2.05) is 25.1 Å². The molecule has 0 unspecified atom stereocenters. The Hall–Kier alpha value is -2.80. The van der Waals surface area contributed by atoms with Crippen molar-refractivity contribution in [1.82, 2.24) is 4.98 Å². The lowest BCUT2D eigenvalue weighted by Crippen LogP contribution is -3.18. The van der Waals surface area contributed by atoms with Gasteiger partial charge in [-0.05, 0) is 38.5 Å². The first kappa shape index (κ1) is 20.9. The van der Waals surface area contributed by atoms with Gasteiger partial charge >= 0.3 is 5.97 Å². The third-order valence-electron chi connectivity index (χ3n) is 5.91. The second kappa shape index (κ2) is 8.69. The molecular weight excluding hydrogens is 370 g/mol. The highest BCUT2D eigenvalue weighted by molar-refractivity contribution is 6.03. The Bertz CT molecular complexity index is 897. The summed E-state index contributed by atoms with van der Waals surface area (Å²) in [5, 5.41) is 0. The van der Waals surface area contributed by atoms with Crippen LogP contribution in [0.2, 0.25) is 0 Å². The number of nitrogens with zero attached hydrogens (tertiary/aromatic N) is 1. The molecule has 7 heteroatoms. The molecule has 156 valence electrons. The van der Waals surface area contributed by atoms with Crippen LogP contribution in [0, 0.1) is 13.8 Å². The molecule has 29 heavy (non-hydrogen) atoms. The number of carbonyl (C=O) groups excluding carboxylic acids is 2. The van der Waals surface area contributed by atoms with Crippen LogP contribution < -0.4 is 14.5 Å². The number of aromatic nitrogens is 1. The Morgan fingerprint density at radius 1 is 1.14 bits per heavy atom. The van der Waals surface area contributed by atoms with Crippen molar-refractivity contribution in [3.63, 3.8) is 0 Å². The molecule has 1 saturated heterocycles. The lowest BCUT2D eigenvalue weighted by Gasteiger charge is -2.36. The number of quaternary nitrogens is 1. The van der Waals surface area contributed by atoms with E-state index in [-0.39, 0.29) is 11.8 Å². The largest absolute Gasteiger partial charge is 0.495 e. The summed E-state index contributed by atoms with van der Waals surface area (Å²) in [5.41, 5.74) is 3.39. The first-order chi connectivity index (χ1) is 13.9. The second-order valence-corrected chi connectivity index (χ2v) is 7.52. The van der Waals surface area contributed by atoms with Crippen LogP contribution in [0.1, 0.15) is 39.0 Å². The second-order valence-electron chi connectivity index (χ2n) is 7.52. The fraction of sp³-hybridized carbons (Fsp3) is 0.455. The number of hydrogen-bond acceptors (Lipinski definition) is 5. The van der Waals surface area contributed by atoms with E-state index in [9.17, 15) is 9.59 Å². The van der Waals surface area contributed by atoms with Gasteiger partial charge in [0.2, 0.25) is 5.78 Å². The fourth-order valence-electron chi connectivity index (χ4n) is 4.17. The molecule has 7 nitrogen and oxygen atoms in total. The number of para-hydroxylation sites is 2. The van der Waals surface area contributed by atoms with E-state index in [2.05, 4.69) is 16.0 Å². The lowest BCUT2D eigenvalue weighted by atomic mass is 10.0. The third kappa shape index (κ3) is 4.00. The number of H-pyrrole nitrogens is 1. The van der Waals surface area contributed by atoms with Gasteiger partial charge in [0, 0.05) is 5.69 Å². The quantitative estimate of drug-likeness (QED) is 0.566. The number of methoxy groups -OCH3 is 2. The molecule has 0 spiro atoms. The number of ketones is 1. The number of aromatic amines is 1. The zero-order valence-corrected chi connectivity index (χ0v) is 17.8. The van der Waals surface area contributed by atoms with Crippen molar-refractivity contribution in [2.24, 2.45) is 0 Å². The molecule has 2 heterocycles. The maximum atomic E-state index is 13.2. The molecule has 0 aliphatic carbocycles. The third-order valence-corrected chi connectivity index (χ3v) is 5.91. The van der Waals surface area contributed by atoms with Crippen LogP contribution in [0.15, 0.2) is 24.3 Å². The van der Waals surface area contributed by atoms with Crippen LogP contribution in [-0.4, -0.2) is 63.2 Å². The van der Waals surface area contributed by atoms with E-state index in [0.717, 1.165) is 37.6 Å². The summed E-state index contributed by atoms with van der Waals surface area (Å²) in [6.07, 6.45) is 0. The number of hydrogen-bond donors (Lipinski definition) is 2. The van der Waals surface area contributed by atoms with Crippen molar-refractivity contribution in [2.75, 3.05) is 45.3 Å². The summed E-state index contributed by atoms with van der Waals surface area (Å²) in [7, 11) is 3.04. The van der Waals surface area contributed by atoms with Gasteiger partial charge in [0.1, 0.15) is 5.75 Å². The zero-order chi connectivity index (χ0) is 21.1. The van der Waals surface area contributed by atoms with Gasteiger partial charge in [-0.25, -0.2) is 4.79 Å². The van der Waals surface area contributed by atoms with Crippen molar-refractivity contribution in [1.29, 1.82) is 0 Å². The molecular formula is C22H30N3O4+. The van der Waals surface area contributed by atoms with Gasteiger partial charge in [0.15, 0.2) is 6.04 Å². The highest BCUT2D eigenvalue weighted by Gasteiger charge is 2.33. The Kier molecular flexibility index (Phi) is 6.27. The van der Waals surface area contributed by atoms with Gasteiger partial charge in [-0.2, -0.15) is 0 Å². The topological polar surface area (TPSA) is 76.1 Å². The summed E-state index contributed by atoms with van der Waals surface area (Å²) in [6.45, 7) is 8.96. The summed E-state index contributed by atoms with van der Waals surface area (Å²) in [6, 6.07) is 7.82. The lowest BCUT2D eigenvalue weighted by molar-refractivity contribution is -0.914. The Morgan fingerprint density at radius 3 is 2.41 bits per heavy atom. The molecule has 0 radical (unpaired) electrons. The van der Waals surface area contributed by atoms with Gasteiger partial charge in [-0.3, -0.25) is 4.79 Å². The number of nitrogens with one attached hydrogen (secondary N) is 2. The van der Waals surface area contributed by atoms with Gasteiger partial charge in [0.25, 0.3) is 0 Å². The van der Waals surface area contributed by atoms with Gasteiger partial charge in [-0.1, -0.05) is 12.1 Å². The molecule has 3 rings (SSSR count). The molecule has 0 bridgehead atoms. The van der Waals surface area contributed by atoms with Crippen molar-refractivity contribution in [2.45, 2.75) is 26.8 Å². The normalized spacial score (nSPS) is 15.8. The molecule has 0 amide bonds. The number of carbonyl (C=O) groups is 2. The first-order valence-corrected chi connectivity index (χ1v) is 9.93. The number of aryl methyl sites for hydroxylation is 1. The van der Waals surface area contributed by atoms with E-state index < -0.39 is 5.97 Å². The van der Waals surface area contributed by atoms with E-state index in [1.165, 1.54) is 12.0 Å². The number of benzene rings is 1. The van der Waals surface area contributed by atoms with E-state index in [4.69, 9.17) is 9.47 Å². The zero-order valence-electron chi connectivity index (χ0n) is 17.8. The van der Waals surface area contributed by atoms with Crippen LogP contribution >= 0.6 is 0 Å². The van der Waals surface area contributed by atoms with E-state index >= 15 is 0 Å². The van der Waals surface area contributed by atoms with E-state index in [1.54, 1.807) is 21.0 Å². The van der Waals surface area contributed by atoms with Gasteiger partial charge < -0.3 is 24.3 Å².